The van der Waals surface area contributed by atoms with Crippen molar-refractivity contribution < 1.29 is 9.90 Å². The molecule has 7 heteroatoms. The Balaban J connectivity index is 1.60. The van der Waals surface area contributed by atoms with Gasteiger partial charge in [0.05, 0.1) is 17.2 Å². The minimum Gasteiger partial charge on any atom is -0.389 e. The highest BCUT2D eigenvalue weighted by Gasteiger charge is 2.43. The van der Waals surface area contributed by atoms with Gasteiger partial charge in [-0.3, -0.25) is 9.78 Å². The number of pyridine rings is 1. The molecule has 3 aromatic rings. The molecule has 7 nitrogen and oxygen atoms in total. The molecule has 1 fully saturated rings. The number of carbonyl (C=O) groups is 1. The van der Waals surface area contributed by atoms with Crippen molar-refractivity contribution in [2.75, 3.05) is 13.1 Å². The summed E-state index contributed by atoms with van der Waals surface area (Å²) in [6.07, 6.45) is 4.47. The van der Waals surface area contributed by atoms with Gasteiger partial charge in [0.2, 0.25) is 0 Å². The lowest BCUT2D eigenvalue weighted by atomic mass is 9.79. The highest BCUT2D eigenvalue weighted by molar-refractivity contribution is 5.94. The van der Waals surface area contributed by atoms with Crippen molar-refractivity contribution >= 4 is 5.91 Å². The monoisotopic (exact) mass is 375 g/mol. The molecule has 0 radical (unpaired) electrons. The van der Waals surface area contributed by atoms with Crippen LogP contribution in [0.25, 0.3) is 11.5 Å². The Hall–Kier alpha value is -3.16. The lowest BCUT2D eigenvalue weighted by molar-refractivity contribution is 0.0289. The smallest absolute Gasteiger partial charge is 0.255 e. The third-order valence-electron chi connectivity index (χ3n) is 5.04. The summed E-state index contributed by atoms with van der Waals surface area (Å²) in [7, 11) is 0. The van der Waals surface area contributed by atoms with E-state index in [2.05, 4.69) is 25.6 Å². The molecule has 28 heavy (non-hydrogen) atoms. The van der Waals surface area contributed by atoms with Gasteiger partial charge in [-0.1, -0.05) is 36.4 Å². The number of hydrogen-bond donors (Lipinski definition) is 3. The fourth-order valence-corrected chi connectivity index (χ4v) is 3.50. The van der Waals surface area contributed by atoms with Crippen LogP contribution in [0.1, 0.15) is 22.3 Å². The van der Waals surface area contributed by atoms with Crippen LogP contribution in [0.15, 0.2) is 67.1 Å². The van der Waals surface area contributed by atoms with Crippen LogP contribution < -0.4 is 10.6 Å². The fraction of sp³-hybridized carbons (Fsp3) is 0.238. The molecule has 2 atom stereocenters. The average Bonchev–Trinajstić information content (AvgIpc) is 2.77. The molecule has 4 rings (SSSR count). The number of β-amino-alcohol motifs (C(OH)–C–C–N with tert-alkyl or cyclic N) is 1. The van der Waals surface area contributed by atoms with E-state index in [1.165, 1.54) is 12.4 Å². The van der Waals surface area contributed by atoms with Gasteiger partial charge < -0.3 is 15.7 Å². The normalized spacial score (nSPS) is 21.8. The summed E-state index contributed by atoms with van der Waals surface area (Å²) in [4.78, 5) is 25.7. The first-order chi connectivity index (χ1) is 13.7. The summed E-state index contributed by atoms with van der Waals surface area (Å²) in [5.41, 5.74) is 0.997. The second-order valence-corrected chi connectivity index (χ2v) is 6.77. The molecule has 1 aromatic carbocycles. The maximum absolute atomic E-state index is 12.9. The number of amides is 1. The fourth-order valence-electron chi connectivity index (χ4n) is 3.50. The summed E-state index contributed by atoms with van der Waals surface area (Å²) < 4.78 is 0. The number of aromatic nitrogens is 3. The molecule has 0 unspecified atom stereocenters. The van der Waals surface area contributed by atoms with E-state index in [0.29, 0.717) is 36.6 Å². The number of carbonyl (C=O) groups excluding carboxylic acids is 1. The molecule has 1 aliphatic rings. The van der Waals surface area contributed by atoms with E-state index in [-0.39, 0.29) is 5.91 Å². The molecule has 3 N–H and O–H groups in total. The summed E-state index contributed by atoms with van der Waals surface area (Å²) in [6, 6.07) is 15.1. The van der Waals surface area contributed by atoms with Crippen molar-refractivity contribution in [3.8, 4) is 11.5 Å². The van der Waals surface area contributed by atoms with Crippen molar-refractivity contribution in [2.24, 2.45) is 0 Å². The SMILES string of the molecule is O=C(N[C@]1(c2ccccc2)CCNC[C@H]1O)c1cnc(-c2ccccn2)nc1. The minimum absolute atomic E-state index is 0.322. The van der Waals surface area contributed by atoms with Crippen molar-refractivity contribution in [2.45, 2.75) is 18.1 Å². The molecule has 3 heterocycles. The summed E-state index contributed by atoms with van der Waals surface area (Å²) in [6.45, 7) is 1.10. The Labute approximate surface area is 162 Å². The third kappa shape index (κ3) is 3.49. The van der Waals surface area contributed by atoms with Gasteiger partial charge in [-0.05, 0) is 30.7 Å². The average molecular weight is 375 g/mol. The number of nitrogens with one attached hydrogen (secondary N) is 2. The number of rotatable bonds is 4. The number of benzene rings is 1. The van der Waals surface area contributed by atoms with Crippen LogP contribution in [-0.4, -0.2) is 45.2 Å². The summed E-state index contributed by atoms with van der Waals surface area (Å²) in [5.74, 6) is 0.134. The quantitative estimate of drug-likeness (QED) is 0.639. The van der Waals surface area contributed by atoms with Crippen LogP contribution in [0.5, 0.6) is 0 Å². The van der Waals surface area contributed by atoms with Crippen molar-refractivity contribution in [3.63, 3.8) is 0 Å². The van der Waals surface area contributed by atoms with Gasteiger partial charge in [0.1, 0.15) is 5.69 Å². The van der Waals surface area contributed by atoms with Crippen molar-refractivity contribution in [1.82, 2.24) is 25.6 Å². The lowest BCUT2D eigenvalue weighted by Gasteiger charge is -2.42. The Bertz CT molecular complexity index is 934. The van der Waals surface area contributed by atoms with Gasteiger partial charge in [-0.15, -0.1) is 0 Å². The van der Waals surface area contributed by atoms with E-state index < -0.39 is 11.6 Å². The second-order valence-electron chi connectivity index (χ2n) is 6.77. The standard InChI is InChI=1S/C21H21N5O2/c27-18-14-22-11-9-21(18,16-6-2-1-3-7-16)26-20(28)15-12-24-19(25-13-15)17-8-4-5-10-23-17/h1-8,10,12-13,18,22,27H,9,11,14H2,(H,26,28)/t18-,21+/m1/s1. The van der Waals surface area contributed by atoms with Gasteiger partial charge >= 0.3 is 0 Å². The summed E-state index contributed by atoms with van der Waals surface area (Å²) in [5, 5.41) is 17.0. The Kier molecular flexibility index (Phi) is 5.10. The molecule has 142 valence electrons. The second kappa shape index (κ2) is 7.84. The van der Waals surface area contributed by atoms with Crippen LogP contribution in [0, 0.1) is 0 Å². The first kappa shape index (κ1) is 18.2. The summed E-state index contributed by atoms with van der Waals surface area (Å²) >= 11 is 0. The molecule has 1 aliphatic heterocycles. The first-order valence-corrected chi connectivity index (χ1v) is 9.19. The number of aliphatic hydroxyl groups excluding tert-OH is 1. The predicted molar refractivity (Wildman–Crippen MR) is 104 cm³/mol. The van der Waals surface area contributed by atoms with Crippen LogP contribution in [-0.2, 0) is 5.54 Å². The minimum atomic E-state index is -0.858. The van der Waals surface area contributed by atoms with E-state index in [4.69, 9.17) is 0 Å². The zero-order valence-corrected chi connectivity index (χ0v) is 15.2. The Morgan fingerprint density at radius 3 is 2.50 bits per heavy atom. The van der Waals surface area contributed by atoms with Gasteiger partial charge in [0.25, 0.3) is 5.91 Å². The molecule has 0 spiro atoms. The molecule has 1 amide bonds. The molecule has 2 aromatic heterocycles. The van der Waals surface area contributed by atoms with Gasteiger partial charge in [0.15, 0.2) is 5.82 Å². The van der Waals surface area contributed by atoms with Crippen molar-refractivity contribution in [1.29, 1.82) is 0 Å². The molecular formula is C21H21N5O2. The van der Waals surface area contributed by atoms with E-state index in [1.54, 1.807) is 6.20 Å². The van der Waals surface area contributed by atoms with Crippen molar-refractivity contribution in [3.05, 3.63) is 78.2 Å². The maximum Gasteiger partial charge on any atom is 0.255 e. The highest BCUT2D eigenvalue weighted by Crippen LogP contribution is 2.31. The van der Waals surface area contributed by atoms with Crippen LogP contribution in [0.2, 0.25) is 0 Å². The number of nitrogens with zero attached hydrogens (tertiary/aromatic N) is 3. The predicted octanol–water partition coefficient (Wildman–Crippen LogP) is 1.52. The van der Waals surface area contributed by atoms with E-state index in [9.17, 15) is 9.90 Å². The van der Waals surface area contributed by atoms with E-state index in [1.807, 2.05) is 48.5 Å². The molecule has 0 aliphatic carbocycles. The lowest BCUT2D eigenvalue weighted by Crippen LogP contribution is -2.61. The Morgan fingerprint density at radius 1 is 1.07 bits per heavy atom. The number of piperidine rings is 1. The van der Waals surface area contributed by atoms with E-state index in [0.717, 1.165) is 5.56 Å². The third-order valence-corrected chi connectivity index (χ3v) is 5.04. The van der Waals surface area contributed by atoms with Crippen LogP contribution in [0.4, 0.5) is 0 Å². The largest absolute Gasteiger partial charge is 0.389 e. The van der Waals surface area contributed by atoms with Gasteiger partial charge in [-0.2, -0.15) is 0 Å². The maximum atomic E-state index is 12.9. The van der Waals surface area contributed by atoms with E-state index >= 15 is 0 Å². The topological polar surface area (TPSA) is 100 Å². The molecule has 1 saturated heterocycles. The van der Waals surface area contributed by atoms with Crippen LogP contribution >= 0.6 is 0 Å². The number of hydrogen-bond acceptors (Lipinski definition) is 6. The highest BCUT2D eigenvalue weighted by atomic mass is 16.3. The zero-order valence-electron chi connectivity index (χ0n) is 15.2. The van der Waals surface area contributed by atoms with Gasteiger partial charge in [0, 0.05) is 25.1 Å². The molecule has 0 bridgehead atoms. The molecular weight excluding hydrogens is 354 g/mol. The number of aliphatic hydroxyl groups is 1. The zero-order chi connectivity index (χ0) is 19.4. The van der Waals surface area contributed by atoms with Gasteiger partial charge in [-0.25, -0.2) is 9.97 Å². The molecule has 0 saturated carbocycles. The van der Waals surface area contributed by atoms with Crippen LogP contribution in [0.3, 0.4) is 0 Å². The Morgan fingerprint density at radius 2 is 1.82 bits per heavy atom. The first-order valence-electron chi connectivity index (χ1n) is 9.19.